The number of hydrogen-bond acceptors (Lipinski definition) is 14. The number of carbonyl (C=O) groups is 5. The number of piperazine rings is 1. The van der Waals surface area contributed by atoms with Gasteiger partial charge in [0.25, 0.3) is 17.7 Å². The number of nitrogens with one attached hydrogen (secondary N) is 2. The Morgan fingerprint density at radius 3 is 2.45 bits per heavy atom. The van der Waals surface area contributed by atoms with E-state index in [1.54, 1.807) is 40.2 Å². The van der Waals surface area contributed by atoms with Gasteiger partial charge in [-0.3, -0.25) is 43.7 Å². The van der Waals surface area contributed by atoms with Crippen LogP contribution in [0.4, 0.5) is 11.4 Å². The second kappa shape index (κ2) is 15.9. The van der Waals surface area contributed by atoms with Crippen LogP contribution in [0.2, 0.25) is 0 Å². The van der Waals surface area contributed by atoms with Crippen molar-refractivity contribution in [3.8, 4) is 28.0 Å². The van der Waals surface area contributed by atoms with Crippen LogP contribution in [0.15, 0.2) is 54.9 Å². The van der Waals surface area contributed by atoms with Gasteiger partial charge in [0.1, 0.15) is 17.1 Å². The van der Waals surface area contributed by atoms with Crippen molar-refractivity contribution in [1.82, 2.24) is 44.8 Å². The number of nitrogens with zero attached hydrogens (tertiary/aromatic N) is 10. The Hall–Kier alpha value is -6.58. The molecule has 0 spiro atoms. The average molecular weight is 827 g/mol. The number of carbonyl (C=O) groups excluding carboxylic acids is 5. The normalized spacial score (nSPS) is 21.1. The fourth-order valence-corrected chi connectivity index (χ4v) is 9.76. The summed E-state index contributed by atoms with van der Waals surface area (Å²) in [6, 6.07) is 14.0. The highest BCUT2D eigenvalue weighted by Gasteiger charge is 2.46. The minimum atomic E-state index is -0.989. The lowest BCUT2D eigenvalue weighted by Gasteiger charge is -2.36. The second-order valence-corrected chi connectivity index (χ2v) is 16.7. The molecule has 0 radical (unpaired) electrons. The van der Waals surface area contributed by atoms with E-state index in [1.807, 2.05) is 31.3 Å². The quantitative estimate of drug-likeness (QED) is 0.205. The first-order valence-corrected chi connectivity index (χ1v) is 20.9. The highest BCUT2D eigenvalue weighted by molar-refractivity contribution is 7.14. The van der Waals surface area contributed by atoms with E-state index in [4.69, 9.17) is 4.98 Å². The van der Waals surface area contributed by atoms with Gasteiger partial charge in [-0.2, -0.15) is 10.4 Å². The first kappa shape index (κ1) is 38.9. The molecule has 3 fully saturated rings. The van der Waals surface area contributed by atoms with Gasteiger partial charge in [-0.25, -0.2) is 4.52 Å². The van der Waals surface area contributed by atoms with Crippen LogP contribution in [-0.2, 0) is 14.4 Å². The number of pyridine rings is 1. The fourth-order valence-electron chi connectivity index (χ4n) is 8.73. The lowest BCUT2D eigenvalue weighted by Crippen LogP contribution is -2.54. The highest BCUT2D eigenvalue weighted by atomic mass is 32.1. The van der Waals surface area contributed by atoms with Crippen molar-refractivity contribution in [3.05, 3.63) is 76.6 Å². The van der Waals surface area contributed by atoms with Gasteiger partial charge in [0, 0.05) is 76.2 Å². The van der Waals surface area contributed by atoms with E-state index in [0.29, 0.717) is 38.3 Å². The minimum absolute atomic E-state index is 0.00262. The molecule has 1 aromatic carbocycles. The van der Waals surface area contributed by atoms with Gasteiger partial charge in [0.15, 0.2) is 5.01 Å². The van der Waals surface area contributed by atoms with Crippen LogP contribution in [-0.4, -0.2) is 128 Å². The van der Waals surface area contributed by atoms with E-state index in [9.17, 15) is 29.2 Å². The third-order valence-corrected chi connectivity index (χ3v) is 13.2. The third kappa shape index (κ3) is 7.13. The van der Waals surface area contributed by atoms with Crippen LogP contribution < -0.4 is 15.5 Å². The lowest BCUT2D eigenvalue weighted by molar-refractivity contribution is -0.149. The van der Waals surface area contributed by atoms with Gasteiger partial charge < -0.3 is 15.5 Å². The van der Waals surface area contributed by atoms with Crippen LogP contribution in [0.1, 0.15) is 75.7 Å². The molecule has 7 heterocycles. The number of fused-ring (bicyclic) bond motifs is 2. The van der Waals surface area contributed by atoms with Gasteiger partial charge in [-0.1, -0.05) is 11.3 Å². The summed E-state index contributed by atoms with van der Waals surface area (Å²) in [6.45, 7) is 2.90. The van der Waals surface area contributed by atoms with Gasteiger partial charge in [0.05, 0.1) is 51.9 Å². The molecule has 1 aliphatic carbocycles. The summed E-state index contributed by atoms with van der Waals surface area (Å²) in [7, 11) is 3.24. The Labute approximate surface area is 349 Å². The molecule has 5 amide bonds. The number of nitriles is 1. The molecule has 4 aromatic heterocycles. The first-order valence-electron chi connectivity index (χ1n) is 20.1. The van der Waals surface area contributed by atoms with Crippen LogP contribution in [0, 0.1) is 11.3 Å². The van der Waals surface area contributed by atoms with Crippen molar-refractivity contribution in [3.63, 3.8) is 0 Å². The summed E-state index contributed by atoms with van der Waals surface area (Å²) in [5.41, 5.74) is 5.91. The van der Waals surface area contributed by atoms with Crippen LogP contribution >= 0.6 is 11.3 Å². The summed E-state index contributed by atoms with van der Waals surface area (Å²) in [4.78, 5) is 75.6. The Balaban J connectivity index is 0.750. The van der Waals surface area contributed by atoms with E-state index in [-0.39, 0.29) is 47.7 Å². The minimum Gasteiger partial charge on any atom is -0.387 e. The molecule has 2 N–H and O–H groups in total. The van der Waals surface area contributed by atoms with Crippen molar-refractivity contribution < 1.29 is 24.0 Å². The maximum atomic E-state index is 13.4. The van der Waals surface area contributed by atoms with Crippen molar-refractivity contribution in [2.75, 3.05) is 57.0 Å². The Bertz CT molecular complexity index is 2600. The van der Waals surface area contributed by atoms with Crippen LogP contribution in [0.3, 0.4) is 0 Å². The molecule has 1 saturated carbocycles. The SMILES string of the molecule is CNc1cc(-c2ccc3cc(C#N)cnn23)ncc1-c1nnc([C@H]2CC[C@H](NC(=O)CN3CCN(c4ccc5c(c4)C(=O)N(C4CCC(=O)N(C)C4=O)C5=O)CC3)CC2)s1. The molecule has 1 atom stereocenters. The number of likely N-dealkylation sites (N-methyl/N-ethyl adjacent to an activating group) is 1. The molecule has 60 heavy (non-hydrogen) atoms. The maximum absolute atomic E-state index is 13.4. The molecule has 4 aliphatic rings. The molecular formula is C42H42N12O5S. The summed E-state index contributed by atoms with van der Waals surface area (Å²) in [6.07, 6.45) is 7.07. The van der Waals surface area contributed by atoms with Crippen molar-refractivity contribution in [1.29, 1.82) is 5.26 Å². The standard InChI is InChI=1S/C42H42N12O5S/c1-44-32-19-33(34-10-8-28-17-24(20-43)21-46-54(28)34)45-22-31(32)39-49-48-38(60-39)25-3-5-26(6-4-25)47-36(55)23-51-13-15-52(16-14-51)27-7-9-29-30(18-27)41(58)53(40(29)57)35-11-12-37(56)50(2)42(35)59/h7-10,17-19,21-22,25-26,35H,3-6,11-16,23H2,1-2H3,(H,44,45)(H,47,55)/t25-,26-,35?. The molecule has 3 aliphatic heterocycles. The van der Waals surface area contributed by atoms with Crippen molar-refractivity contribution in [2.24, 2.45) is 0 Å². The van der Waals surface area contributed by atoms with Gasteiger partial charge in [-0.15, -0.1) is 10.2 Å². The number of likely N-dealkylation sites (tertiary alicyclic amines) is 1. The van der Waals surface area contributed by atoms with Crippen LogP contribution in [0.5, 0.6) is 0 Å². The number of anilines is 2. The zero-order valence-corrected chi connectivity index (χ0v) is 33.9. The third-order valence-electron chi connectivity index (χ3n) is 12.1. The van der Waals surface area contributed by atoms with Gasteiger partial charge in [-0.05, 0) is 74.6 Å². The van der Waals surface area contributed by atoms with Gasteiger partial charge >= 0.3 is 0 Å². The van der Waals surface area contributed by atoms with Gasteiger partial charge in [0.2, 0.25) is 11.8 Å². The summed E-state index contributed by atoms with van der Waals surface area (Å²) < 4.78 is 1.77. The number of aromatic nitrogens is 5. The Kier molecular flexibility index (Phi) is 10.3. The van der Waals surface area contributed by atoms with E-state index in [1.165, 1.54) is 13.2 Å². The molecule has 2 saturated heterocycles. The Morgan fingerprint density at radius 2 is 1.68 bits per heavy atom. The largest absolute Gasteiger partial charge is 0.387 e. The number of imide groups is 2. The number of amides is 5. The van der Waals surface area contributed by atoms with Crippen molar-refractivity contribution in [2.45, 2.75) is 56.5 Å². The van der Waals surface area contributed by atoms with Crippen LogP contribution in [0.25, 0.3) is 27.5 Å². The predicted molar refractivity (Wildman–Crippen MR) is 221 cm³/mol. The lowest BCUT2D eigenvalue weighted by atomic mass is 9.86. The molecule has 18 heteroatoms. The molecule has 1 unspecified atom stereocenters. The van der Waals surface area contributed by atoms with E-state index < -0.39 is 23.8 Å². The van der Waals surface area contributed by atoms with E-state index in [2.05, 4.69) is 41.8 Å². The molecule has 306 valence electrons. The molecule has 9 rings (SSSR count). The second-order valence-electron chi connectivity index (χ2n) is 15.7. The first-order chi connectivity index (χ1) is 29.1. The zero-order valence-electron chi connectivity index (χ0n) is 33.1. The van der Waals surface area contributed by atoms with E-state index in [0.717, 1.165) is 79.3 Å². The molecule has 0 bridgehead atoms. The summed E-state index contributed by atoms with van der Waals surface area (Å²) in [5.74, 6) is -1.63. The maximum Gasteiger partial charge on any atom is 0.262 e. The Morgan fingerprint density at radius 1 is 0.900 bits per heavy atom. The molecular weight excluding hydrogens is 785 g/mol. The summed E-state index contributed by atoms with van der Waals surface area (Å²) in [5, 5.41) is 31.1. The fraction of sp³-hybridized carbons (Fsp3) is 0.381. The number of hydrogen-bond donors (Lipinski definition) is 2. The predicted octanol–water partition coefficient (Wildman–Crippen LogP) is 3.54. The summed E-state index contributed by atoms with van der Waals surface area (Å²) >= 11 is 1.57. The molecule has 17 nitrogen and oxygen atoms in total. The number of piperidine rings is 1. The number of rotatable bonds is 9. The topological polar surface area (TPSA) is 202 Å². The number of benzene rings is 1. The average Bonchev–Trinajstić information content (AvgIpc) is 4.00. The van der Waals surface area contributed by atoms with Crippen molar-refractivity contribution >= 4 is 57.8 Å². The molecule has 5 aromatic rings. The van der Waals surface area contributed by atoms with E-state index >= 15 is 0 Å². The zero-order chi connectivity index (χ0) is 41.7. The monoisotopic (exact) mass is 826 g/mol. The smallest absolute Gasteiger partial charge is 0.262 e. The highest BCUT2D eigenvalue weighted by Crippen LogP contribution is 2.39.